The van der Waals surface area contributed by atoms with Crippen LogP contribution in [-0.4, -0.2) is 57.2 Å². The summed E-state index contributed by atoms with van der Waals surface area (Å²) >= 11 is 0. The third kappa shape index (κ3) is 3.64. The predicted molar refractivity (Wildman–Crippen MR) is 98.7 cm³/mol. The van der Waals surface area contributed by atoms with Crippen LogP contribution in [0.1, 0.15) is 16.8 Å². The zero-order chi connectivity index (χ0) is 18.6. The van der Waals surface area contributed by atoms with Gasteiger partial charge in [0.25, 0.3) is 5.91 Å². The number of halogens is 1. The average molecular weight is 366 g/mol. The van der Waals surface area contributed by atoms with Crippen molar-refractivity contribution in [2.24, 2.45) is 0 Å². The van der Waals surface area contributed by atoms with Crippen molar-refractivity contribution in [1.29, 1.82) is 0 Å². The fourth-order valence-electron chi connectivity index (χ4n) is 3.26. The monoisotopic (exact) mass is 366 g/mol. The lowest BCUT2D eigenvalue weighted by molar-refractivity contribution is 0.0768. The Balaban J connectivity index is 1.52. The Morgan fingerprint density at radius 2 is 1.93 bits per heavy atom. The van der Waals surface area contributed by atoms with Gasteiger partial charge in [-0.2, -0.15) is 5.10 Å². The molecule has 0 spiro atoms. The van der Waals surface area contributed by atoms with E-state index in [-0.39, 0.29) is 11.7 Å². The van der Waals surface area contributed by atoms with Gasteiger partial charge in [0.15, 0.2) is 0 Å². The minimum absolute atomic E-state index is 0.112. The highest BCUT2D eigenvalue weighted by atomic mass is 19.1. The molecule has 1 amide bonds. The number of H-pyrrole nitrogens is 1. The van der Waals surface area contributed by atoms with Crippen molar-refractivity contribution >= 4 is 11.9 Å². The van der Waals surface area contributed by atoms with Crippen molar-refractivity contribution in [3.8, 4) is 11.3 Å². The molecule has 0 saturated carbocycles. The standard InChI is InChI=1S/C19H19FN6O/c20-15-5-1-4-14(12-15)17-16(13-23-24-17)18(27)25-8-3-9-26(11-10-25)19-21-6-2-7-22-19/h1-2,4-7,12-13H,3,8-11H2,(H,23,24). The lowest BCUT2D eigenvalue weighted by atomic mass is 10.1. The first kappa shape index (κ1) is 17.1. The largest absolute Gasteiger partial charge is 0.339 e. The summed E-state index contributed by atoms with van der Waals surface area (Å²) < 4.78 is 13.6. The SMILES string of the molecule is O=C(c1cn[nH]c1-c1cccc(F)c1)N1CCCN(c2ncccn2)CC1. The van der Waals surface area contributed by atoms with Crippen LogP contribution in [0.2, 0.25) is 0 Å². The van der Waals surface area contributed by atoms with Gasteiger partial charge >= 0.3 is 0 Å². The fourth-order valence-corrected chi connectivity index (χ4v) is 3.26. The number of benzene rings is 1. The summed E-state index contributed by atoms with van der Waals surface area (Å²) in [5.74, 6) is 0.211. The molecule has 3 heterocycles. The number of carbonyl (C=O) groups is 1. The quantitative estimate of drug-likeness (QED) is 0.770. The van der Waals surface area contributed by atoms with Crippen molar-refractivity contribution in [1.82, 2.24) is 25.1 Å². The summed E-state index contributed by atoms with van der Waals surface area (Å²) in [5.41, 5.74) is 1.59. The Bertz CT molecular complexity index is 929. The third-order valence-corrected chi connectivity index (χ3v) is 4.60. The van der Waals surface area contributed by atoms with E-state index in [1.54, 1.807) is 35.5 Å². The highest BCUT2D eigenvalue weighted by molar-refractivity contribution is 5.99. The van der Waals surface area contributed by atoms with E-state index in [0.717, 1.165) is 13.0 Å². The molecule has 27 heavy (non-hydrogen) atoms. The molecule has 1 aromatic carbocycles. The van der Waals surface area contributed by atoms with Gasteiger partial charge in [0.2, 0.25) is 5.95 Å². The van der Waals surface area contributed by atoms with E-state index in [2.05, 4.69) is 25.1 Å². The Morgan fingerprint density at radius 1 is 1.07 bits per heavy atom. The van der Waals surface area contributed by atoms with Crippen molar-refractivity contribution < 1.29 is 9.18 Å². The van der Waals surface area contributed by atoms with Gasteiger partial charge in [-0.1, -0.05) is 12.1 Å². The van der Waals surface area contributed by atoms with E-state index in [0.29, 0.717) is 42.4 Å². The second-order valence-electron chi connectivity index (χ2n) is 6.35. The molecule has 4 rings (SSSR count). The van der Waals surface area contributed by atoms with E-state index in [1.807, 2.05) is 0 Å². The first-order valence-electron chi connectivity index (χ1n) is 8.83. The summed E-state index contributed by atoms with van der Waals surface area (Å²) in [5, 5.41) is 6.83. The molecule has 0 unspecified atom stereocenters. The number of hydrogen-bond donors (Lipinski definition) is 1. The van der Waals surface area contributed by atoms with Crippen molar-refractivity contribution in [3.05, 3.63) is 60.3 Å². The number of anilines is 1. The molecule has 1 aliphatic heterocycles. The van der Waals surface area contributed by atoms with Crippen LogP contribution in [0, 0.1) is 5.82 Å². The second-order valence-corrected chi connectivity index (χ2v) is 6.35. The maximum atomic E-state index is 13.6. The summed E-state index contributed by atoms with van der Waals surface area (Å²) in [6, 6.07) is 7.91. The molecule has 1 N–H and O–H groups in total. The van der Waals surface area contributed by atoms with Gasteiger partial charge in [-0.15, -0.1) is 0 Å². The van der Waals surface area contributed by atoms with Crippen molar-refractivity contribution in [3.63, 3.8) is 0 Å². The van der Waals surface area contributed by atoms with Crippen LogP contribution in [0.5, 0.6) is 0 Å². The Kier molecular flexibility index (Phi) is 4.78. The lowest BCUT2D eigenvalue weighted by Crippen LogP contribution is -2.35. The van der Waals surface area contributed by atoms with Crippen LogP contribution in [-0.2, 0) is 0 Å². The van der Waals surface area contributed by atoms with Crippen LogP contribution >= 0.6 is 0 Å². The maximum absolute atomic E-state index is 13.6. The molecule has 1 aliphatic rings. The first-order valence-corrected chi connectivity index (χ1v) is 8.83. The van der Waals surface area contributed by atoms with Gasteiger partial charge in [0.05, 0.1) is 17.5 Å². The van der Waals surface area contributed by atoms with Crippen LogP contribution in [0.15, 0.2) is 48.9 Å². The lowest BCUT2D eigenvalue weighted by Gasteiger charge is -2.22. The molecule has 1 fully saturated rings. The van der Waals surface area contributed by atoms with Gasteiger partial charge in [-0.05, 0) is 24.6 Å². The molecule has 1 saturated heterocycles. The van der Waals surface area contributed by atoms with E-state index in [9.17, 15) is 9.18 Å². The predicted octanol–water partition coefficient (Wildman–Crippen LogP) is 2.36. The van der Waals surface area contributed by atoms with Gasteiger partial charge in [0.1, 0.15) is 5.82 Å². The minimum Gasteiger partial charge on any atom is -0.339 e. The van der Waals surface area contributed by atoms with E-state index in [1.165, 1.54) is 18.3 Å². The number of aromatic nitrogens is 4. The molecule has 0 radical (unpaired) electrons. The molecule has 7 nitrogen and oxygen atoms in total. The number of rotatable bonds is 3. The van der Waals surface area contributed by atoms with Crippen LogP contribution < -0.4 is 4.90 Å². The Morgan fingerprint density at radius 3 is 2.74 bits per heavy atom. The number of nitrogens with zero attached hydrogens (tertiary/aromatic N) is 5. The average Bonchev–Trinajstić information content (AvgIpc) is 3.06. The minimum atomic E-state index is -0.353. The Hall–Kier alpha value is -3.29. The molecule has 0 atom stereocenters. The molecule has 138 valence electrons. The van der Waals surface area contributed by atoms with E-state index >= 15 is 0 Å². The van der Waals surface area contributed by atoms with E-state index < -0.39 is 0 Å². The zero-order valence-corrected chi connectivity index (χ0v) is 14.7. The van der Waals surface area contributed by atoms with Gasteiger partial charge < -0.3 is 9.80 Å². The molecule has 2 aromatic heterocycles. The number of amides is 1. The second kappa shape index (κ2) is 7.53. The summed E-state index contributed by atoms with van der Waals surface area (Å²) in [6.07, 6.45) is 5.75. The zero-order valence-electron chi connectivity index (χ0n) is 14.7. The molecule has 0 aliphatic carbocycles. The molecule has 0 bridgehead atoms. The van der Waals surface area contributed by atoms with Gasteiger partial charge in [-0.3, -0.25) is 9.89 Å². The van der Waals surface area contributed by atoms with Crippen LogP contribution in [0.4, 0.5) is 10.3 Å². The molecular weight excluding hydrogens is 347 g/mol. The van der Waals surface area contributed by atoms with Crippen molar-refractivity contribution in [2.75, 3.05) is 31.1 Å². The fraction of sp³-hybridized carbons (Fsp3) is 0.263. The van der Waals surface area contributed by atoms with Gasteiger partial charge in [-0.25, -0.2) is 14.4 Å². The topological polar surface area (TPSA) is 78.0 Å². The number of nitrogens with one attached hydrogen (secondary N) is 1. The smallest absolute Gasteiger partial charge is 0.257 e. The highest BCUT2D eigenvalue weighted by Gasteiger charge is 2.24. The Labute approximate surface area is 155 Å². The maximum Gasteiger partial charge on any atom is 0.257 e. The first-order chi connectivity index (χ1) is 13.2. The third-order valence-electron chi connectivity index (χ3n) is 4.60. The molecule has 8 heteroatoms. The number of hydrogen-bond acceptors (Lipinski definition) is 5. The van der Waals surface area contributed by atoms with Crippen LogP contribution in [0.25, 0.3) is 11.3 Å². The van der Waals surface area contributed by atoms with Crippen molar-refractivity contribution in [2.45, 2.75) is 6.42 Å². The normalized spacial score (nSPS) is 14.9. The molecular formula is C19H19FN6O. The number of aromatic amines is 1. The van der Waals surface area contributed by atoms with E-state index in [4.69, 9.17) is 0 Å². The van der Waals surface area contributed by atoms with Gasteiger partial charge in [0, 0.05) is 44.1 Å². The summed E-state index contributed by atoms with van der Waals surface area (Å²) in [7, 11) is 0. The van der Waals surface area contributed by atoms with Crippen LogP contribution in [0.3, 0.4) is 0 Å². The highest BCUT2D eigenvalue weighted by Crippen LogP contribution is 2.23. The summed E-state index contributed by atoms with van der Waals surface area (Å²) in [6.45, 7) is 2.64. The summed E-state index contributed by atoms with van der Waals surface area (Å²) in [4.78, 5) is 25.5. The number of carbonyl (C=O) groups excluding carboxylic acids is 1. The molecule has 3 aromatic rings.